The number of nitrogens with two attached hydrogens (primary N) is 1. The van der Waals surface area contributed by atoms with Crippen LogP contribution in [0.2, 0.25) is 0 Å². The Kier molecular flexibility index (Phi) is 5.34. The van der Waals surface area contributed by atoms with Gasteiger partial charge in [-0.1, -0.05) is 30.3 Å². The minimum absolute atomic E-state index is 0.145. The highest BCUT2D eigenvalue weighted by molar-refractivity contribution is 5.79. The molecule has 3 rings (SSSR count). The molecule has 1 saturated heterocycles. The molecule has 1 amide bonds. The van der Waals surface area contributed by atoms with E-state index in [2.05, 4.69) is 47.5 Å². The van der Waals surface area contributed by atoms with E-state index in [0.717, 1.165) is 45.2 Å². The van der Waals surface area contributed by atoms with Crippen molar-refractivity contribution in [2.75, 3.05) is 13.1 Å². The van der Waals surface area contributed by atoms with Crippen LogP contribution in [0.3, 0.4) is 0 Å². The Morgan fingerprint density at radius 2 is 1.87 bits per heavy atom. The molecule has 1 heterocycles. The minimum atomic E-state index is 0.145. The number of benzene rings is 1. The summed E-state index contributed by atoms with van der Waals surface area (Å²) >= 11 is 0. The van der Waals surface area contributed by atoms with E-state index in [-0.39, 0.29) is 17.9 Å². The number of likely N-dealkylation sites (tertiary alicyclic amines) is 1. The normalized spacial score (nSPS) is 27.7. The Bertz CT molecular complexity index is 511. The van der Waals surface area contributed by atoms with Crippen molar-refractivity contribution in [3.63, 3.8) is 0 Å². The highest BCUT2D eigenvalue weighted by Gasteiger charge is 2.30. The van der Waals surface area contributed by atoms with E-state index in [0.29, 0.717) is 12.1 Å². The molecular weight excluding hydrogens is 286 g/mol. The predicted octanol–water partition coefficient (Wildman–Crippen LogP) is 2.46. The van der Waals surface area contributed by atoms with E-state index in [1.165, 1.54) is 5.56 Å². The molecule has 0 radical (unpaired) electrons. The van der Waals surface area contributed by atoms with Crippen LogP contribution in [0, 0.1) is 5.92 Å². The quantitative estimate of drug-likeness (QED) is 0.897. The van der Waals surface area contributed by atoms with E-state index in [4.69, 9.17) is 5.73 Å². The average molecular weight is 315 g/mol. The molecule has 126 valence electrons. The van der Waals surface area contributed by atoms with E-state index in [1.54, 1.807) is 0 Å². The molecular formula is C19H29N3O. The van der Waals surface area contributed by atoms with Crippen LogP contribution in [0.1, 0.15) is 50.6 Å². The molecule has 3 N–H and O–H groups in total. The van der Waals surface area contributed by atoms with Crippen LogP contribution in [-0.2, 0) is 4.79 Å². The van der Waals surface area contributed by atoms with Gasteiger partial charge in [0.1, 0.15) is 0 Å². The van der Waals surface area contributed by atoms with Crippen molar-refractivity contribution >= 4 is 5.91 Å². The lowest BCUT2D eigenvalue weighted by Gasteiger charge is -2.36. The SMILES string of the molecule is CC(c1ccccc1)N1CCC(NC(=O)C2CCC(N)C2)CC1. The Labute approximate surface area is 139 Å². The standard InChI is InChI=1S/C19H29N3O/c1-14(15-5-3-2-4-6-15)22-11-9-18(10-12-22)21-19(23)16-7-8-17(20)13-16/h2-6,14,16-18H,7-13,20H2,1H3,(H,21,23). The van der Waals surface area contributed by atoms with Gasteiger partial charge in [-0.3, -0.25) is 9.69 Å². The summed E-state index contributed by atoms with van der Waals surface area (Å²) in [4.78, 5) is 14.8. The zero-order chi connectivity index (χ0) is 16.2. The van der Waals surface area contributed by atoms with Gasteiger partial charge >= 0.3 is 0 Å². The first-order valence-corrected chi connectivity index (χ1v) is 8.98. The molecule has 3 unspecified atom stereocenters. The van der Waals surface area contributed by atoms with Gasteiger partial charge in [-0.2, -0.15) is 0 Å². The molecule has 3 atom stereocenters. The van der Waals surface area contributed by atoms with Crippen LogP contribution in [0.5, 0.6) is 0 Å². The number of nitrogens with zero attached hydrogens (tertiary/aromatic N) is 1. The smallest absolute Gasteiger partial charge is 0.223 e. The second-order valence-corrected chi connectivity index (χ2v) is 7.18. The van der Waals surface area contributed by atoms with Gasteiger partial charge in [0.15, 0.2) is 0 Å². The summed E-state index contributed by atoms with van der Waals surface area (Å²) in [7, 11) is 0. The van der Waals surface area contributed by atoms with Crippen molar-refractivity contribution < 1.29 is 4.79 Å². The van der Waals surface area contributed by atoms with Gasteiger partial charge in [0.05, 0.1) is 0 Å². The zero-order valence-corrected chi connectivity index (χ0v) is 14.1. The Hall–Kier alpha value is -1.39. The maximum Gasteiger partial charge on any atom is 0.223 e. The maximum absolute atomic E-state index is 12.3. The van der Waals surface area contributed by atoms with Crippen molar-refractivity contribution in [1.82, 2.24) is 10.2 Å². The molecule has 23 heavy (non-hydrogen) atoms. The third-order valence-electron chi connectivity index (χ3n) is 5.55. The first-order valence-electron chi connectivity index (χ1n) is 8.98. The minimum Gasteiger partial charge on any atom is -0.353 e. The first kappa shape index (κ1) is 16.5. The number of carbonyl (C=O) groups excluding carboxylic acids is 1. The Morgan fingerprint density at radius 3 is 2.48 bits per heavy atom. The molecule has 0 bridgehead atoms. The highest BCUT2D eigenvalue weighted by Crippen LogP contribution is 2.26. The summed E-state index contributed by atoms with van der Waals surface area (Å²) in [6.07, 6.45) is 4.89. The molecule has 2 aliphatic rings. The number of carbonyl (C=O) groups is 1. The molecule has 1 aliphatic heterocycles. The lowest BCUT2D eigenvalue weighted by Crippen LogP contribution is -2.46. The lowest BCUT2D eigenvalue weighted by atomic mass is 9.99. The number of rotatable bonds is 4. The van der Waals surface area contributed by atoms with Crippen molar-refractivity contribution in [3.05, 3.63) is 35.9 Å². The van der Waals surface area contributed by atoms with Gasteiger partial charge in [-0.15, -0.1) is 0 Å². The molecule has 2 fully saturated rings. The third kappa shape index (κ3) is 4.12. The fourth-order valence-electron chi connectivity index (χ4n) is 3.95. The van der Waals surface area contributed by atoms with Crippen molar-refractivity contribution in [1.29, 1.82) is 0 Å². The lowest BCUT2D eigenvalue weighted by molar-refractivity contribution is -0.125. The molecule has 4 nitrogen and oxygen atoms in total. The first-order chi connectivity index (χ1) is 11.1. The third-order valence-corrected chi connectivity index (χ3v) is 5.55. The summed E-state index contributed by atoms with van der Waals surface area (Å²) in [6, 6.07) is 11.7. The van der Waals surface area contributed by atoms with Crippen LogP contribution in [0.4, 0.5) is 0 Å². The molecule has 4 heteroatoms. The van der Waals surface area contributed by atoms with Crippen LogP contribution in [0.25, 0.3) is 0 Å². The fourth-order valence-corrected chi connectivity index (χ4v) is 3.95. The average Bonchev–Trinajstić information content (AvgIpc) is 3.02. The van der Waals surface area contributed by atoms with Crippen LogP contribution < -0.4 is 11.1 Å². The summed E-state index contributed by atoms with van der Waals surface area (Å²) in [5.74, 6) is 0.374. The van der Waals surface area contributed by atoms with Gasteiger partial charge in [0.25, 0.3) is 0 Å². The summed E-state index contributed by atoms with van der Waals surface area (Å²) in [5, 5.41) is 3.26. The van der Waals surface area contributed by atoms with Crippen molar-refractivity contribution in [2.24, 2.45) is 11.7 Å². The van der Waals surface area contributed by atoms with E-state index in [1.807, 2.05) is 0 Å². The van der Waals surface area contributed by atoms with Gasteiger partial charge in [0, 0.05) is 37.1 Å². The second kappa shape index (κ2) is 7.45. The van der Waals surface area contributed by atoms with Crippen LogP contribution in [0.15, 0.2) is 30.3 Å². The summed E-state index contributed by atoms with van der Waals surface area (Å²) < 4.78 is 0. The molecule has 1 saturated carbocycles. The molecule has 1 aromatic carbocycles. The van der Waals surface area contributed by atoms with Gasteiger partial charge in [-0.05, 0) is 44.6 Å². The summed E-state index contributed by atoms with van der Waals surface area (Å²) in [5.41, 5.74) is 7.29. The number of amides is 1. The Balaban J connectivity index is 1.46. The summed E-state index contributed by atoms with van der Waals surface area (Å²) in [6.45, 7) is 4.37. The fraction of sp³-hybridized carbons (Fsp3) is 0.632. The zero-order valence-electron chi connectivity index (χ0n) is 14.1. The highest BCUT2D eigenvalue weighted by atomic mass is 16.1. The van der Waals surface area contributed by atoms with Crippen molar-refractivity contribution in [2.45, 2.75) is 57.2 Å². The molecule has 1 aromatic rings. The molecule has 0 spiro atoms. The van der Waals surface area contributed by atoms with E-state index < -0.39 is 0 Å². The molecule has 0 aromatic heterocycles. The predicted molar refractivity (Wildman–Crippen MR) is 92.9 cm³/mol. The van der Waals surface area contributed by atoms with Gasteiger partial charge < -0.3 is 11.1 Å². The van der Waals surface area contributed by atoms with E-state index >= 15 is 0 Å². The topological polar surface area (TPSA) is 58.4 Å². The molecule has 1 aliphatic carbocycles. The van der Waals surface area contributed by atoms with Crippen LogP contribution in [-0.4, -0.2) is 36.0 Å². The van der Waals surface area contributed by atoms with Crippen molar-refractivity contribution in [3.8, 4) is 0 Å². The van der Waals surface area contributed by atoms with Gasteiger partial charge in [0.2, 0.25) is 5.91 Å². The Morgan fingerprint density at radius 1 is 1.17 bits per heavy atom. The number of piperidine rings is 1. The number of hydrogen-bond acceptors (Lipinski definition) is 3. The van der Waals surface area contributed by atoms with Gasteiger partial charge in [-0.25, -0.2) is 0 Å². The monoisotopic (exact) mass is 315 g/mol. The number of nitrogens with one attached hydrogen (secondary N) is 1. The van der Waals surface area contributed by atoms with E-state index in [9.17, 15) is 4.79 Å². The van der Waals surface area contributed by atoms with Crippen LogP contribution >= 0.6 is 0 Å². The second-order valence-electron chi connectivity index (χ2n) is 7.18. The number of hydrogen-bond donors (Lipinski definition) is 2. The largest absolute Gasteiger partial charge is 0.353 e. The maximum atomic E-state index is 12.3.